The third-order valence-corrected chi connectivity index (χ3v) is 4.14. The highest BCUT2D eigenvalue weighted by atomic mass is 32.2. The van der Waals surface area contributed by atoms with Crippen LogP contribution in [-0.4, -0.2) is 25.1 Å². The van der Waals surface area contributed by atoms with Gasteiger partial charge in [0.15, 0.2) is 0 Å². The summed E-state index contributed by atoms with van der Waals surface area (Å²) in [6.45, 7) is 2.12. The van der Waals surface area contributed by atoms with E-state index in [1.54, 1.807) is 32.0 Å². The first-order chi connectivity index (χ1) is 10.2. The Hall–Kier alpha value is -1.65. The molecule has 0 aliphatic heterocycles. The van der Waals surface area contributed by atoms with E-state index in [2.05, 4.69) is 6.92 Å². The van der Waals surface area contributed by atoms with E-state index in [0.717, 1.165) is 16.9 Å². The minimum atomic E-state index is -0.716. The Morgan fingerprint density at radius 1 is 1.05 bits per heavy atom. The van der Waals surface area contributed by atoms with Crippen molar-refractivity contribution in [2.45, 2.75) is 17.9 Å². The molecule has 3 nitrogen and oxygen atoms in total. The highest BCUT2D eigenvalue weighted by Gasteiger charge is 2.16. The molecule has 0 saturated heterocycles. The lowest BCUT2D eigenvalue weighted by Crippen LogP contribution is -2.02. The molecule has 4 heteroatoms. The van der Waals surface area contributed by atoms with Crippen LogP contribution in [0.1, 0.15) is 24.2 Å². The van der Waals surface area contributed by atoms with Gasteiger partial charge in [0.2, 0.25) is 0 Å². The maximum absolute atomic E-state index is 10.6. The molecule has 0 aliphatic rings. The van der Waals surface area contributed by atoms with Crippen molar-refractivity contribution in [3.63, 3.8) is 0 Å². The van der Waals surface area contributed by atoms with Gasteiger partial charge in [0.25, 0.3) is 0 Å². The number of rotatable bonds is 6. The summed E-state index contributed by atoms with van der Waals surface area (Å²) in [6.07, 6.45) is -0.716. The smallest absolute Gasteiger partial charge is 0.128 e. The third-order valence-electron chi connectivity index (χ3n) is 3.24. The maximum Gasteiger partial charge on any atom is 0.128 e. The first kappa shape index (κ1) is 15.7. The molecule has 0 radical (unpaired) electrons. The van der Waals surface area contributed by atoms with Crippen LogP contribution in [0.15, 0.2) is 47.4 Å². The summed E-state index contributed by atoms with van der Waals surface area (Å²) in [4.78, 5) is 1.20. The van der Waals surface area contributed by atoms with Crippen LogP contribution >= 0.6 is 11.8 Å². The molecule has 1 N–H and O–H groups in total. The summed E-state index contributed by atoms with van der Waals surface area (Å²) < 4.78 is 10.5. The van der Waals surface area contributed by atoms with Gasteiger partial charge < -0.3 is 14.6 Å². The van der Waals surface area contributed by atoms with E-state index in [4.69, 9.17) is 9.47 Å². The Bertz CT molecular complexity index is 581. The number of ether oxygens (including phenoxy) is 2. The van der Waals surface area contributed by atoms with Gasteiger partial charge in [-0.15, -0.1) is 11.8 Å². The van der Waals surface area contributed by atoms with Crippen LogP contribution in [0.3, 0.4) is 0 Å². The lowest BCUT2D eigenvalue weighted by Gasteiger charge is -2.16. The number of hydrogen-bond acceptors (Lipinski definition) is 4. The van der Waals surface area contributed by atoms with Crippen molar-refractivity contribution in [3.8, 4) is 11.5 Å². The van der Waals surface area contributed by atoms with Gasteiger partial charge in [-0.3, -0.25) is 0 Å². The molecule has 112 valence electrons. The van der Waals surface area contributed by atoms with Gasteiger partial charge in [-0.2, -0.15) is 0 Å². The molecular weight excluding hydrogens is 284 g/mol. The average molecular weight is 304 g/mol. The zero-order valence-electron chi connectivity index (χ0n) is 12.5. The fourth-order valence-corrected chi connectivity index (χ4v) is 2.80. The Labute approximate surface area is 129 Å². The van der Waals surface area contributed by atoms with Gasteiger partial charge >= 0.3 is 0 Å². The van der Waals surface area contributed by atoms with Gasteiger partial charge in [0.05, 0.1) is 14.2 Å². The molecule has 0 heterocycles. The summed E-state index contributed by atoms with van der Waals surface area (Å²) in [5.41, 5.74) is 1.58. The molecule has 0 bridgehead atoms. The average Bonchev–Trinajstić information content (AvgIpc) is 2.54. The fraction of sp³-hybridized carbons (Fsp3) is 0.294. The second-order valence-electron chi connectivity index (χ2n) is 4.51. The molecule has 0 aromatic heterocycles. The van der Waals surface area contributed by atoms with Crippen molar-refractivity contribution >= 4 is 11.8 Å². The van der Waals surface area contributed by atoms with Crippen LogP contribution in [-0.2, 0) is 0 Å². The summed E-state index contributed by atoms with van der Waals surface area (Å²) >= 11 is 1.78. The van der Waals surface area contributed by atoms with Crippen LogP contribution in [0.2, 0.25) is 0 Å². The summed E-state index contributed by atoms with van der Waals surface area (Å²) in [5.74, 6) is 2.36. The molecule has 2 rings (SSSR count). The molecule has 1 atom stereocenters. The van der Waals surface area contributed by atoms with Gasteiger partial charge in [0.1, 0.15) is 17.6 Å². The van der Waals surface area contributed by atoms with E-state index < -0.39 is 6.10 Å². The monoisotopic (exact) mass is 304 g/mol. The zero-order chi connectivity index (χ0) is 15.2. The van der Waals surface area contributed by atoms with Crippen LogP contribution in [0.25, 0.3) is 0 Å². The van der Waals surface area contributed by atoms with Crippen LogP contribution < -0.4 is 9.47 Å². The Kier molecular flexibility index (Phi) is 5.53. The van der Waals surface area contributed by atoms with Gasteiger partial charge in [-0.05, 0) is 35.6 Å². The maximum atomic E-state index is 10.6. The van der Waals surface area contributed by atoms with Crippen LogP contribution in [0, 0.1) is 0 Å². The van der Waals surface area contributed by atoms with Gasteiger partial charge in [0, 0.05) is 16.5 Å². The van der Waals surface area contributed by atoms with Crippen LogP contribution in [0.4, 0.5) is 0 Å². The summed E-state index contributed by atoms with van der Waals surface area (Å²) in [5, 5.41) is 10.6. The predicted molar refractivity (Wildman–Crippen MR) is 86.4 cm³/mol. The van der Waals surface area contributed by atoms with Crippen molar-refractivity contribution in [3.05, 3.63) is 53.6 Å². The van der Waals surface area contributed by atoms with E-state index in [0.29, 0.717) is 11.5 Å². The number of aliphatic hydroxyl groups excluding tert-OH is 1. The molecule has 2 aromatic rings. The number of thioether (sulfide) groups is 1. The molecule has 0 saturated carbocycles. The van der Waals surface area contributed by atoms with E-state index >= 15 is 0 Å². The third kappa shape index (κ3) is 3.71. The van der Waals surface area contributed by atoms with E-state index in [1.165, 1.54) is 4.90 Å². The molecule has 2 aromatic carbocycles. The van der Waals surface area contributed by atoms with Crippen molar-refractivity contribution < 1.29 is 14.6 Å². The van der Waals surface area contributed by atoms with E-state index in [1.807, 2.05) is 36.4 Å². The van der Waals surface area contributed by atoms with Crippen LogP contribution in [0.5, 0.6) is 11.5 Å². The Morgan fingerprint density at radius 2 is 1.76 bits per heavy atom. The molecule has 1 unspecified atom stereocenters. The van der Waals surface area contributed by atoms with E-state index in [9.17, 15) is 5.11 Å². The number of aliphatic hydroxyl groups is 1. The highest BCUT2D eigenvalue weighted by molar-refractivity contribution is 7.99. The first-order valence-corrected chi connectivity index (χ1v) is 7.81. The number of hydrogen-bond donors (Lipinski definition) is 1. The SMILES string of the molecule is CCSc1ccc(C(O)c2ccc(OC)cc2OC)cc1. The minimum Gasteiger partial charge on any atom is -0.497 e. The predicted octanol–water partition coefficient (Wildman–Crippen LogP) is 3.90. The van der Waals surface area contributed by atoms with Gasteiger partial charge in [-0.25, -0.2) is 0 Å². The molecule has 0 amide bonds. The Balaban J connectivity index is 2.28. The molecule has 0 spiro atoms. The largest absolute Gasteiger partial charge is 0.497 e. The Morgan fingerprint density at radius 3 is 2.33 bits per heavy atom. The second-order valence-corrected chi connectivity index (χ2v) is 5.85. The topological polar surface area (TPSA) is 38.7 Å². The van der Waals surface area contributed by atoms with E-state index in [-0.39, 0.29) is 0 Å². The second kappa shape index (κ2) is 7.38. The molecule has 0 aliphatic carbocycles. The lowest BCUT2D eigenvalue weighted by atomic mass is 10.0. The highest BCUT2D eigenvalue weighted by Crippen LogP contribution is 2.33. The van der Waals surface area contributed by atoms with Crippen molar-refractivity contribution in [1.29, 1.82) is 0 Å². The number of benzene rings is 2. The quantitative estimate of drug-likeness (QED) is 0.822. The normalized spacial score (nSPS) is 12.0. The van der Waals surface area contributed by atoms with Crippen molar-refractivity contribution in [1.82, 2.24) is 0 Å². The fourth-order valence-electron chi connectivity index (χ4n) is 2.14. The minimum absolute atomic E-state index is 0.619. The standard InChI is InChI=1S/C17H20O3S/c1-4-21-14-8-5-12(6-9-14)17(18)15-10-7-13(19-2)11-16(15)20-3/h5-11,17-18H,4H2,1-3H3. The number of methoxy groups -OCH3 is 2. The van der Waals surface area contributed by atoms with Crippen molar-refractivity contribution in [2.24, 2.45) is 0 Å². The summed E-state index contributed by atoms with van der Waals surface area (Å²) in [7, 11) is 3.20. The molecule has 0 fully saturated rings. The van der Waals surface area contributed by atoms with Crippen molar-refractivity contribution in [2.75, 3.05) is 20.0 Å². The molecule has 21 heavy (non-hydrogen) atoms. The molecular formula is C17H20O3S. The summed E-state index contributed by atoms with van der Waals surface area (Å²) in [6, 6.07) is 13.4. The lowest BCUT2D eigenvalue weighted by molar-refractivity contribution is 0.214. The first-order valence-electron chi connectivity index (χ1n) is 6.82. The zero-order valence-corrected chi connectivity index (χ0v) is 13.3. The van der Waals surface area contributed by atoms with Gasteiger partial charge in [-0.1, -0.05) is 19.1 Å².